The van der Waals surface area contributed by atoms with Crippen LogP contribution in [0, 0.1) is 10.1 Å². The van der Waals surface area contributed by atoms with E-state index in [4.69, 9.17) is 5.73 Å². The summed E-state index contributed by atoms with van der Waals surface area (Å²) in [6.07, 6.45) is 0. The first-order chi connectivity index (χ1) is 8.99. The minimum absolute atomic E-state index is 0.0120. The van der Waals surface area contributed by atoms with Crippen molar-refractivity contribution in [1.82, 2.24) is 20.4 Å². The van der Waals surface area contributed by atoms with Gasteiger partial charge in [-0.2, -0.15) is 13.9 Å². The first kappa shape index (κ1) is 12.9. The fraction of sp³-hybridized carbons (Fsp3) is 0.250. The number of nitrogen functional groups attached to an aromatic ring is 1. The van der Waals surface area contributed by atoms with E-state index in [2.05, 4.69) is 25.1 Å². The largest absolute Gasteiger partial charge is 0.376 e. The lowest BCUT2D eigenvalue weighted by Gasteiger charge is -1.97. The molecule has 9 nitrogen and oxygen atoms in total. The summed E-state index contributed by atoms with van der Waals surface area (Å²) in [5.74, 6) is -0.284. The minimum Gasteiger partial charge on any atom is -0.376 e. The monoisotopic (exact) mass is 274 g/mol. The Labute approximate surface area is 103 Å². The van der Waals surface area contributed by atoms with Gasteiger partial charge >= 0.3 is 12.3 Å². The molecule has 4 N–H and O–H groups in total. The molecule has 0 aliphatic carbocycles. The summed E-state index contributed by atoms with van der Waals surface area (Å²) < 4.78 is 27.8. The lowest BCUT2D eigenvalue weighted by atomic mass is 10.2. The molecule has 0 bridgehead atoms. The lowest BCUT2D eigenvalue weighted by molar-refractivity contribution is -0.383. The van der Waals surface area contributed by atoms with Gasteiger partial charge in [0.2, 0.25) is 5.82 Å². The molecule has 2 aromatic heterocycles. The molecule has 0 spiro atoms. The van der Waals surface area contributed by atoms with Crippen molar-refractivity contribution in [2.75, 3.05) is 5.73 Å². The molecule has 0 amide bonds. The van der Waals surface area contributed by atoms with E-state index in [1.807, 2.05) is 0 Å². The Hall–Kier alpha value is -2.56. The van der Waals surface area contributed by atoms with Gasteiger partial charge < -0.3 is 10.5 Å². The zero-order valence-corrected chi connectivity index (χ0v) is 9.26. The third kappa shape index (κ3) is 2.65. The summed E-state index contributed by atoms with van der Waals surface area (Å²) in [6, 6.07) is 1.32. The van der Waals surface area contributed by atoms with Crippen molar-refractivity contribution in [3.05, 3.63) is 21.9 Å². The van der Waals surface area contributed by atoms with Crippen LogP contribution in [0.5, 0.6) is 0 Å². The number of nitrogens with one attached hydrogen (secondary N) is 2. The normalized spacial score (nSPS) is 11.1. The van der Waals surface area contributed by atoms with E-state index in [9.17, 15) is 18.9 Å². The minimum atomic E-state index is -2.91. The highest BCUT2D eigenvalue weighted by Crippen LogP contribution is 2.31. The van der Waals surface area contributed by atoms with Crippen molar-refractivity contribution in [3.63, 3.8) is 0 Å². The number of alkyl halides is 2. The van der Waals surface area contributed by atoms with Gasteiger partial charge in [0.15, 0.2) is 5.69 Å². The molecular weight excluding hydrogens is 266 g/mol. The van der Waals surface area contributed by atoms with E-state index in [1.54, 1.807) is 0 Å². The Morgan fingerprint density at radius 3 is 2.84 bits per heavy atom. The van der Waals surface area contributed by atoms with Gasteiger partial charge in [-0.05, 0) is 6.07 Å². The Balaban J connectivity index is 2.26. The van der Waals surface area contributed by atoms with Crippen molar-refractivity contribution in [3.8, 4) is 11.4 Å². The summed E-state index contributed by atoms with van der Waals surface area (Å²) in [5.41, 5.74) is 5.27. The number of nitrogens with two attached hydrogens (primary N) is 1. The molecule has 102 valence electrons. The van der Waals surface area contributed by atoms with Crippen LogP contribution in [-0.4, -0.2) is 31.9 Å². The van der Waals surface area contributed by atoms with Gasteiger partial charge in [0.05, 0.1) is 17.2 Å². The zero-order valence-electron chi connectivity index (χ0n) is 9.26. The molecule has 0 saturated carbocycles. The van der Waals surface area contributed by atoms with Crippen LogP contribution in [0.4, 0.5) is 20.3 Å². The maximum absolute atomic E-state index is 11.8. The predicted molar refractivity (Wildman–Crippen MR) is 58.0 cm³/mol. The maximum atomic E-state index is 11.8. The fourth-order valence-corrected chi connectivity index (χ4v) is 1.43. The van der Waals surface area contributed by atoms with E-state index in [0.29, 0.717) is 0 Å². The smallest absolute Gasteiger partial charge is 0.345 e. The van der Waals surface area contributed by atoms with Crippen LogP contribution in [-0.2, 0) is 11.3 Å². The van der Waals surface area contributed by atoms with Gasteiger partial charge in [0.25, 0.3) is 0 Å². The molecule has 0 atom stereocenters. The van der Waals surface area contributed by atoms with Gasteiger partial charge in [0, 0.05) is 0 Å². The maximum Gasteiger partial charge on any atom is 0.345 e. The van der Waals surface area contributed by atoms with Crippen LogP contribution >= 0.6 is 0 Å². The van der Waals surface area contributed by atoms with Gasteiger partial charge in [-0.25, -0.2) is 0 Å². The second-order valence-corrected chi connectivity index (χ2v) is 3.44. The van der Waals surface area contributed by atoms with Crippen LogP contribution in [0.3, 0.4) is 0 Å². The number of aromatic amines is 2. The molecule has 2 aromatic rings. The Bertz CT molecular complexity index is 595. The molecule has 0 aromatic carbocycles. The topological polar surface area (TPSA) is 136 Å². The van der Waals surface area contributed by atoms with Crippen molar-refractivity contribution in [1.29, 1.82) is 0 Å². The third-order valence-electron chi connectivity index (χ3n) is 2.20. The molecular formula is C8H8F2N6O3. The van der Waals surface area contributed by atoms with Crippen LogP contribution in [0.1, 0.15) is 5.69 Å². The highest BCUT2D eigenvalue weighted by Gasteiger charge is 2.25. The molecule has 2 heterocycles. The van der Waals surface area contributed by atoms with Gasteiger partial charge in [0.1, 0.15) is 5.69 Å². The van der Waals surface area contributed by atoms with Crippen LogP contribution in [0.15, 0.2) is 6.07 Å². The molecule has 0 aliphatic rings. The summed E-state index contributed by atoms with van der Waals surface area (Å²) in [7, 11) is 0. The Morgan fingerprint density at radius 1 is 1.47 bits per heavy atom. The van der Waals surface area contributed by atoms with Crippen LogP contribution < -0.4 is 5.73 Å². The number of rotatable bonds is 5. The first-order valence-corrected chi connectivity index (χ1v) is 4.91. The molecule has 0 fully saturated rings. The third-order valence-corrected chi connectivity index (χ3v) is 2.20. The fourth-order valence-electron chi connectivity index (χ4n) is 1.43. The van der Waals surface area contributed by atoms with Crippen molar-refractivity contribution < 1.29 is 18.4 Å². The van der Waals surface area contributed by atoms with E-state index >= 15 is 0 Å². The van der Waals surface area contributed by atoms with Crippen molar-refractivity contribution >= 4 is 11.5 Å². The number of halogens is 2. The van der Waals surface area contributed by atoms with E-state index in [0.717, 1.165) is 0 Å². The summed E-state index contributed by atoms with van der Waals surface area (Å²) in [5, 5.41) is 22.8. The number of hydrogen-bond acceptors (Lipinski definition) is 6. The van der Waals surface area contributed by atoms with Gasteiger partial charge in [-0.3, -0.25) is 20.3 Å². The van der Waals surface area contributed by atoms with Crippen molar-refractivity contribution in [2.45, 2.75) is 13.2 Å². The number of anilines is 1. The summed E-state index contributed by atoms with van der Waals surface area (Å²) in [4.78, 5) is 10.1. The van der Waals surface area contributed by atoms with Gasteiger partial charge in [-0.1, -0.05) is 0 Å². The zero-order chi connectivity index (χ0) is 14.0. The van der Waals surface area contributed by atoms with Crippen molar-refractivity contribution in [2.24, 2.45) is 0 Å². The highest BCUT2D eigenvalue weighted by atomic mass is 19.3. The average Bonchev–Trinajstić information content (AvgIpc) is 2.92. The Kier molecular flexibility index (Phi) is 3.37. The van der Waals surface area contributed by atoms with Gasteiger partial charge in [-0.15, -0.1) is 5.10 Å². The number of nitro groups is 1. The lowest BCUT2D eigenvalue weighted by Crippen LogP contribution is -1.99. The molecule has 0 saturated heterocycles. The number of H-pyrrole nitrogens is 2. The second kappa shape index (κ2) is 4.97. The highest BCUT2D eigenvalue weighted by molar-refractivity contribution is 5.74. The average molecular weight is 274 g/mol. The predicted octanol–water partition coefficient (Wildman–Crippen LogP) is 1.03. The molecule has 0 radical (unpaired) electrons. The molecule has 11 heteroatoms. The van der Waals surface area contributed by atoms with Crippen LogP contribution in [0.2, 0.25) is 0 Å². The number of nitrogens with zero attached hydrogens (tertiary/aromatic N) is 3. The quantitative estimate of drug-likeness (QED) is 0.550. The molecule has 19 heavy (non-hydrogen) atoms. The van der Waals surface area contributed by atoms with E-state index in [1.165, 1.54) is 6.07 Å². The van der Waals surface area contributed by atoms with E-state index < -0.39 is 23.8 Å². The van der Waals surface area contributed by atoms with Crippen LogP contribution in [0.25, 0.3) is 11.4 Å². The summed E-state index contributed by atoms with van der Waals surface area (Å²) >= 11 is 0. The number of aromatic nitrogens is 4. The number of hydrogen-bond donors (Lipinski definition) is 3. The molecule has 0 aliphatic heterocycles. The molecule has 2 rings (SSSR count). The first-order valence-electron chi connectivity index (χ1n) is 4.91. The van der Waals surface area contributed by atoms with E-state index in [-0.39, 0.29) is 22.9 Å². The SMILES string of the molecule is Nc1n[nH]c(-c2cc(COC(F)F)[nH]n2)c1[N+](=O)[O-]. The molecule has 0 unspecified atom stereocenters. The summed E-state index contributed by atoms with van der Waals surface area (Å²) in [6.45, 7) is -3.31. The standard InChI is InChI=1S/C8H8F2N6O3/c9-8(10)19-2-3-1-4(13-12-3)5-6(16(17)18)7(11)15-14-5/h1,8H,2H2,(H,12,13)(H3,11,14,15). The number of ether oxygens (including phenoxy) is 1. The second-order valence-electron chi connectivity index (χ2n) is 3.44. The Morgan fingerprint density at radius 2 is 2.21 bits per heavy atom.